The van der Waals surface area contributed by atoms with Crippen LogP contribution in [0.1, 0.15) is 12.5 Å². The van der Waals surface area contributed by atoms with Gasteiger partial charge in [-0.2, -0.15) is 0 Å². The van der Waals surface area contributed by atoms with E-state index in [2.05, 4.69) is 25.8 Å². The second-order valence-corrected chi connectivity index (χ2v) is 6.90. The Balaban J connectivity index is 1.52. The first-order valence-corrected chi connectivity index (χ1v) is 9.70. The molecule has 10 nitrogen and oxygen atoms in total. The molecule has 3 N–H and O–H groups in total. The summed E-state index contributed by atoms with van der Waals surface area (Å²) in [4.78, 5) is 26.9. The van der Waals surface area contributed by atoms with Crippen molar-refractivity contribution in [2.75, 3.05) is 0 Å². The number of hydrogen-bond acceptors (Lipinski definition) is 7. The molecule has 0 aliphatic heterocycles. The van der Waals surface area contributed by atoms with Crippen LogP contribution >= 0.6 is 0 Å². The van der Waals surface area contributed by atoms with E-state index in [4.69, 9.17) is 13.9 Å². The summed E-state index contributed by atoms with van der Waals surface area (Å²) >= 11 is 0. The van der Waals surface area contributed by atoms with Crippen LogP contribution in [0.3, 0.4) is 0 Å². The van der Waals surface area contributed by atoms with Crippen molar-refractivity contribution in [3.05, 3.63) is 66.6 Å². The molecule has 0 aliphatic rings. The molecule has 4 rings (SSSR count). The molecular formula is C22H19N5O5. The van der Waals surface area contributed by atoms with Crippen molar-refractivity contribution in [1.82, 2.24) is 25.8 Å². The second kappa shape index (κ2) is 9.13. The minimum Gasteiger partial charge on any atom is -0.465 e. The number of nitrogens with one attached hydrogen (secondary N) is 2. The van der Waals surface area contributed by atoms with E-state index >= 15 is 0 Å². The predicted molar refractivity (Wildman–Crippen MR) is 113 cm³/mol. The van der Waals surface area contributed by atoms with E-state index in [0.29, 0.717) is 22.9 Å². The molecule has 2 aromatic carbocycles. The lowest BCUT2D eigenvalue weighted by atomic mass is 10.1. The lowest BCUT2D eigenvalue weighted by Crippen LogP contribution is -2.43. The SMILES string of the molecule is C[C@H](NC(=O)O)C(=O)NCc1cccc(-c2ocnc2-c2nnc(-c3ccccc3)o2)c1. The van der Waals surface area contributed by atoms with Crippen LogP contribution in [-0.2, 0) is 11.3 Å². The molecule has 0 saturated heterocycles. The molecule has 2 aromatic heterocycles. The van der Waals surface area contributed by atoms with Crippen molar-refractivity contribution < 1.29 is 23.5 Å². The summed E-state index contributed by atoms with van der Waals surface area (Å²) in [7, 11) is 0. The average Bonchev–Trinajstić information content (AvgIpc) is 3.47. The van der Waals surface area contributed by atoms with E-state index in [1.165, 1.54) is 13.3 Å². The smallest absolute Gasteiger partial charge is 0.405 e. The van der Waals surface area contributed by atoms with Crippen molar-refractivity contribution >= 4 is 12.0 Å². The average molecular weight is 433 g/mol. The van der Waals surface area contributed by atoms with Crippen LogP contribution in [0.15, 0.2) is 69.8 Å². The third-order valence-electron chi connectivity index (χ3n) is 4.60. The van der Waals surface area contributed by atoms with Gasteiger partial charge in [-0.1, -0.05) is 36.4 Å². The Bertz CT molecular complexity index is 1230. The third kappa shape index (κ3) is 4.64. The van der Waals surface area contributed by atoms with E-state index in [0.717, 1.165) is 11.1 Å². The molecule has 1 atom stereocenters. The predicted octanol–water partition coefficient (Wildman–Crippen LogP) is 3.33. The van der Waals surface area contributed by atoms with Crippen LogP contribution in [0.4, 0.5) is 4.79 Å². The normalized spacial score (nSPS) is 11.7. The van der Waals surface area contributed by atoms with Gasteiger partial charge in [0.1, 0.15) is 6.04 Å². The maximum Gasteiger partial charge on any atom is 0.405 e. The van der Waals surface area contributed by atoms with Gasteiger partial charge in [-0.3, -0.25) is 4.79 Å². The fraction of sp³-hybridized carbons (Fsp3) is 0.136. The van der Waals surface area contributed by atoms with Crippen LogP contribution in [0.25, 0.3) is 34.4 Å². The number of aromatic nitrogens is 3. The Kier molecular flexibility index (Phi) is 5.93. The molecule has 0 fully saturated rings. The molecular weight excluding hydrogens is 414 g/mol. The highest BCUT2D eigenvalue weighted by molar-refractivity contribution is 5.84. The first-order valence-electron chi connectivity index (χ1n) is 9.70. The van der Waals surface area contributed by atoms with Crippen LogP contribution in [0.2, 0.25) is 0 Å². The number of amides is 2. The first-order chi connectivity index (χ1) is 15.5. The zero-order valence-electron chi connectivity index (χ0n) is 17.0. The Morgan fingerprint density at radius 3 is 2.56 bits per heavy atom. The molecule has 32 heavy (non-hydrogen) atoms. The Morgan fingerprint density at radius 2 is 1.78 bits per heavy atom. The highest BCUT2D eigenvalue weighted by Gasteiger charge is 2.20. The Hall–Kier alpha value is -4.47. The molecule has 0 aliphatic carbocycles. The molecule has 2 amide bonds. The van der Waals surface area contributed by atoms with Gasteiger partial charge in [0.05, 0.1) is 0 Å². The van der Waals surface area contributed by atoms with Crippen molar-refractivity contribution in [2.45, 2.75) is 19.5 Å². The largest absolute Gasteiger partial charge is 0.465 e. The maximum absolute atomic E-state index is 12.0. The third-order valence-corrected chi connectivity index (χ3v) is 4.60. The van der Waals surface area contributed by atoms with Gasteiger partial charge in [0.25, 0.3) is 5.89 Å². The number of carbonyl (C=O) groups excluding carboxylic acids is 1. The number of carboxylic acid groups (broad SMARTS) is 1. The van der Waals surface area contributed by atoms with Gasteiger partial charge in [0.2, 0.25) is 11.8 Å². The standard InChI is InChI=1S/C22H19N5O5/c1-13(25-22(29)30)19(28)23-11-14-6-5-9-16(10-14)18-17(24-12-31-18)21-27-26-20(32-21)15-7-3-2-4-8-15/h2-10,12-13,25H,11H2,1H3,(H,23,28)(H,29,30)/t13-/m0/s1. The highest BCUT2D eigenvalue weighted by atomic mass is 16.4. The molecule has 10 heteroatoms. The molecule has 0 bridgehead atoms. The van der Waals surface area contributed by atoms with Gasteiger partial charge < -0.3 is 24.6 Å². The highest BCUT2D eigenvalue weighted by Crippen LogP contribution is 2.32. The number of rotatable bonds is 7. The van der Waals surface area contributed by atoms with E-state index < -0.39 is 18.0 Å². The van der Waals surface area contributed by atoms with Gasteiger partial charge >= 0.3 is 6.09 Å². The molecule has 0 radical (unpaired) electrons. The van der Waals surface area contributed by atoms with Crippen LogP contribution in [0, 0.1) is 0 Å². The summed E-state index contributed by atoms with van der Waals surface area (Å²) in [5.41, 5.74) is 2.69. The lowest BCUT2D eigenvalue weighted by molar-refractivity contribution is -0.122. The maximum atomic E-state index is 12.0. The Morgan fingerprint density at radius 1 is 1.03 bits per heavy atom. The van der Waals surface area contributed by atoms with Crippen LogP contribution in [-0.4, -0.2) is 38.3 Å². The molecule has 0 saturated carbocycles. The molecule has 4 aromatic rings. The van der Waals surface area contributed by atoms with Gasteiger partial charge in [-0.25, -0.2) is 9.78 Å². The quantitative estimate of drug-likeness (QED) is 0.403. The summed E-state index contributed by atoms with van der Waals surface area (Å²) in [6, 6.07) is 15.8. The van der Waals surface area contributed by atoms with Crippen molar-refractivity contribution in [1.29, 1.82) is 0 Å². The summed E-state index contributed by atoms with van der Waals surface area (Å²) in [5, 5.41) is 21.7. The monoisotopic (exact) mass is 433 g/mol. The van der Waals surface area contributed by atoms with E-state index in [9.17, 15) is 9.59 Å². The molecule has 162 valence electrons. The summed E-state index contributed by atoms with van der Waals surface area (Å²) in [6.45, 7) is 1.68. The number of benzene rings is 2. The molecule has 2 heterocycles. The first kappa shape index (κ1) is 20.8. The Labute approximate surface area is 182 Å². The zero-order valence-corrected chi connectivity index (χ0v) is 17.0. The van der Waals surface area contributed by atoms with Gasteiger partial charge in [0.15, 0.2) is 17.8 Å². The van der Waals surface area contributed by atoms with Crippen LogP contribution in [0.5, 0.6) is 0 Å². The topological polar surface area (TPSA) is 143 Å². The van der Waals surface area contributed by atoms with Gasteiger partial charge in [-0.15, -0.1) is 10.2 Å². The van der Waals surface area contributed by atoms with Gasteiger partial charge in [0, 0.05) is 17.7 Å². The zero-order chi connectivity index (χ0) is 22.5. The van der Waals surface area contributed by atoms with Crippen molar-refractivity contribution in [2.24, 2.45) is 0 Å². The molecule has 0 unspecified atom stereocenters. The molecule has 0 spiro atoms. The lowest BCUT2D eigenvalue weighted by Gasteiger charge is -2.12. The summed E-state index contributed by atoms with van der Waals surface area (Å²) < 4.78 is 11.4. The number of nitrogens with zero attached hydrogens (tertiary/aromatic N) is 3. The number of carbonyl (C=O) groups is 2. The van der Waals surface area contributed by atoms with E-state index in [1.54, 1.807) is 0 Å². The van der Waals surface area contributed by atoms with Crippen molar-refractivity contribution in [3.8, 4) is 34.4 Å². The second-order valence-electron chi connectivity index (χ2n) is 6.90. The minimum absolute atomic E-state index is 0.209. The van der Waals surface area contributed by atoms with Crippen LogP contribution < -0.4 is 10.6 Å². The fourth-order valence-electron chi connectivity index (χ4n) is 3.04. The fourth-order valence-corrected chi connectivity index (χ4v) is 3.04. The summed E-state index contributed by atoms with van der Waals surface area (Å²) in [5.74, 6) is 0.606. The van der Waals surface area contributed by atoms with E-state index in [-0.39, 0.29) is 12.4 Å². The number of hydrogen-bond donors (Lipinski definition) is 3. The summed E-state index contributed by atoms with van der Waals surface area (Å²) in [6.07, 6.45) is 0.0361. The van der Waals surface area contributed by atoms with Crippen molar-refractivity contribution in [3.63, 3.8) is 0 Å². The van der Waals surface area contributed by atoms with E-state index in [1.807, 2.05) is 54.6 Å². The number of oxazole rings is 1. The van der Waals surface area contributed by atoms with Gasteiger partial charge in [-0.05, 0) is 30.7 Å². The minimum atomic E-state index is -1.26.